The Morgan fingerprint density at radius 1 is 1.09 bits per heavy atom. The van der Waals surface area contributed by atoms with Gasteiger partial charge >= 0.3 is 12.1 Å². The summed E-state index contributed by atoms with van der Waals surface area (Å²) in [6.07, 6.45) is 4.38. The molecule has 1 amide bonds. The molecule has 0 saturated heterocycles. The Kier molecular flexibility index (Phi) is 7.46. The number of carbonyl (C=O) groups excluding carboxylic acids is 1. The van der Waals surface area contributed by atoms with E-state index in [0.29, 0.717) is 18.2 Å². The van der Waals surface area contributed by atoms with E-state index in [1.807, 2.05) is 12.1 Å². The third kappa shape index (κ3) is 6.62. The van der Waals surface area contributed by atoms with Crippen LogP contribution in [0.4, 0.5) is 16.7 Å². The summed E-state index contributed by atoms with van der Waals surface area (Å²) >= 11 is 0. The third-order valence-electron chi connectivity index (χ3n) is 4.28. The van der Waals surface area contributed by atoms with Gasteiger partial charge in [-0.2, -0.15) is 4.98 Å². The van der Waals surface area contributed by atoms with Crippen molar-refractivity contribution in [2.45, 2.75) is 19.0 Å². The number of rotatable bonds is 9. The number of amides is 1. The number of carbonyl (C=O) groups is 2. The predicted molar refractivity (Wildman–Crippen MR) is 116 cm³/mol. The van der Waals surface area contributed by atoms with Crippen LogP contribution in [0.2, 0.25) is 0 Å². The van der Waals surface area contributed by atoms with Gasteiger partial charge in [-0.3, -0.25) is 4.98 Å². The SMILES string of the molecule is CN(C)C(=O)Oc1ccc(C[C@H](Nc2ncnc(NCc3cccnc3)n2)C(=O)O)cc1. The molecule has 2 aromatic heterocycles. The Morgan fingerprint density at radius 3 is 2.50 bits per heavy atom. The standard InChI is InChI=1S/C21H23N7O4/c1-28(2)21(31)32-16-7-5-14(6-8-16)10-17(18(29)30)26-20-25-13-24-19(27-20)23-12-15-4-3-9-22-11-15/h3-9,11,13,17H,10,12H2,1-2H3,(H,29,30)(H2,23,24,25,26,27)/t17-/m0/s1. The van der Waals surface area contributed by atoms with E-state index >= 15 is 0 Å². The largest absolute Gasteiger partial charge is 0.480 e. The van der Waals surface area contributed by atoms with Crippen molar-refractivity contribution in [3.05, 3.63) is 66.2 Å². The third-order valence-corrected chi connectivity index (χ3v) is 4.28. The summed E-state index contributed by atoms with van der Waals surface area (Å²) < 4.78 is 5.16. The second-order valence-corrected chi connectivity index (χ2v) is 6.99. The molecule has 0 fully saturated rings. The first-order valence-corrected chi connectivity index (χ1v) is 9.70. The maximum absolute atomic E-state index is 11.8. The number of hydrogen-bond donors (Lipinski definition) is 3. The van der Waals surface area contributed by atoms with E-state index in [4.69, 9.17) is 4.74 Å². The molecule has 3 N–H and O–H groups in total. The molecule has 0 unspecified atom stereocenters. The van der Waals surface area contributed by atoms with E-state index in [2.05, 4.69) is 30.6 Å². The molecule has 0 spiro atoms. The molecule has 1 atom stereocenters. The van der Waals surface area contributed by atoms with E-state index < -0.39 is 18.1 Å². The number of carboxylic acid groups (broad SMARTS) is 1. The summed E-state index contributed by atoms with van der Waals surface area (Å²) in [5, 5.41) is 15.5. The molecule has 3 rings (SSSR count). The Bertz CT molecular complexity index is 1050. The number of nitrogens with zero attached hydrogens (tertiary/aromatic N) is 5. The van der Waals surface area contributed by atoms with Crippen molar-refractivity contribution in [3.8, 4) is 5.75 Å². The first-order chi connectivity index (χ1) is 15.4. The molecular formula is C21H23N7O4. The molecule has 11 heteroatoms. The molecule has 1 aromatic carbocycles. The van der Waals surface area contributed by atoms with Crippen LogP contribution in [0, 0.1) is 0 Å². The van der Waals surface area contributed by atoms with Gasteiger partial charge in [-0.05, 0) is 29.3 Å². The minimum atomic E-state index is -1.06. The van der Waals surface area contributed by atoms with Gasteiger partial charge in [-0.1, -0.05) is 18.2 Å². The zero-order valence-electron chi connectivity index (χ0n) is 17.6. The fourth-order valence-corrected chi connectivity index (χ4v) is 2.61. The van der Waals surface area contributed by atoms with Crippen LogP contribution in [0.5, 0.6) is 5.75 Å². The summed E-state index contributed by atoms with van der Waals surface area (Å²) in [7, 11) is 3.17. The van der Waals surface area contributed by atoms with Crippen molar-refractivity contribution in [1.82, 2.24) is 24.8 Å². The van der Waals surface area contributed by atoms with Gasteiger partial charge in [-0.25, -0.2) is 19.6 Å². The second kappa shape index (κ2) is 10.7. The van der Waals surface area contributed by atoms with E-state index in [1.54, 1.807) is 50.8 Å². The maximum atomic E-state index is 11.8. The van der Waals surface area contributed by atoms with Gasteiger partial charge in [-0.15, -0.1) is 0 Å². The van der Waals surface area contributed by atoms with Gasteiger partial charge < -0.3 is 25.4 Å². The lowest BCUT2D eigenvalue weighted by Crippen LogP contribution is -2.32. The molecule has 3 aromatic rings. The van der Waals surface area contributed by atoms with E-state index in [-0.39, 0.29) is 12.4 Å². The quantitative estimate of drug-likeness (QED) is 0.455. The molecule has 166 valence electrons. The van der Waals surface area contributed by atoms with Crippen LogP contribution < -0.4 is 15.4 Å². The Labute approximate surface area is 184 Å². The van der Waals surface area contributed by atoms with Crippen LogP contribution >= 0.6 is 0 Å². The molecular weight excluding hydrogens is 414 g/mol. The number of pyridine rings is 1. The minimum absolute atomic E-state index is 0.137. The topological polar surface area (TPSA) is 142 Å². The van der Waals surface area contributed by atoms with Crippen molar-refractivity contribution >= 4 is 24.0 Å². The number of benzene rings is 1. The van der Waals surface area contributed by atoms with Gasteiger partial charge in [0, 0.05) is 39.5 Å². The number of anilines is 2. The van der Waals surface area contributed by atoms with Gasteiger partial charge in [0.05, 0.1) is 0 Å². The summed E-state index contributed by atoms with van der Waals surface area (Å²) in [5.41, 5.74) is 1.68. The molecule has 0 aliphatic heterocycles. The van der Waals surface area contributed by atoms with Crippen molar-refractivity contribution in [2.24, 2.45) is 0 Å². The number of nitrogens with one attached hydrogen (secondary N) is 2. The predicted octanol–water partition coefficient (Wildman–Crippen LogP) is 2.05. The molecule has 0 aliphatic rings. The Hall–Kier alpha value is -4.28. The number of carboxylic acids is 1. The van der Waals surface area contributed by atoms with E-state index in [0.717, 1.165) is 11.1 Å². The van der Waals surface area contributed by atoms with Crippen LogP contribution in [0.15, 0.2) is 55.1 Å². The fourth-order valence-electron chi connectivity index (χ4n) is 2.61. The Balaban J connectivity index is 1.61. The second-order valence-electron chi connectivity index (χ2n) is 6.99. The highest BCUT2D eigenvalue weighted by Crippen LogP contribution is 2.16. The summed E-state index contributed by atoms with van der Waals surface area (Å²) in [5.74, 6) is -0.243. The van der Waals surface area contributed by atoms with Crippen LogP contribution in [0.3, 0.4) is 0 Å². The first-order valence-electron chi connectivity index (χ1n) is 9.70. The lowest BCUT2D eigenvalue weighted by molar-refractivity contribution is -0.137. The molecule has 0 bridgehead atoms. The number of hydrogen-bond acceptors (Lipinski definition) is 9. The fraction of sp³-hybridized carbons (Fsp3) is 0.238. The molecule has 11 nitrogen and oxygen atoms in total. The number of ether oxygens (including phenoxy) is 1. The molecule has 0 radical (unpaired) electrons. The van der Waals surface area contributed by atoms with Crippen LogP contribution in [-0.2, 0) is 17.8 Å². The lowest BCUT2D eigenvalue weighted by atomic mass is 10.1. The van der Waals surface area contributed by atoms with Crippen LogP contribution in [-0.4, -0.2) is 62.1 Å². The highest BCUT2D eigenvalue weighted by atomic mass is 16.6. The van der Waals surface area contributed by atoms with Crippen molar-refractivity contribution < 1.29 is 19.4 Å². The van der Waals surface area contributed by atoms with Gasteiger partial charge in [0.1, 0.15) is 18.1 Å². The number of aliphatic carboxylic acids is 1. The highest BCUT2D eigenvalue weighted by molar-refractivity contribution is 5.77. The van der Waals surface area contributed by atoms with Crippen molar-refractivity contribution in [1.29, 1.82) is 0 Å². The molecule has 32 heavy (non-hydrogen) atoms. The van der Waals surface area contributed by atoms with E-state index in [9.17, 15) is 14.7 Å². The van der Waals surface area contributed by atoms with Crippen molar-refractivity contribution in [2.75, 3.05) is 24.7 Å². The van der Waals surface area contributed by atoms with Gasteiger partial charge in [0.25, 0.3) is 0 Å². The normalized spacial score (nSPS) is 11.3. The average molecular weight is 437 g/mol. The minimum Gasteiger partial charge on any atom is -0.480 e. The molecule has 0 saturated carbocycles. The summed E-state index contributed by atoms with van der Waals surface area (Å²) in [4.78, 5) is 41.0. The summed E-state index contributed by atoms with van der Waals surface area (Å²) in [6.45, 7) is 0.463. The Morgan fingerprint density at radius 2 is 1.84 bits per heavy atom. The highest BCUT2D eigenvalue weighted by Gasteiger charge is 2.19. The average Bonchev–Trinajstić information content (AvgIpc) is 2.79. The molecule has 2 heterocycles. The summed E-state index contributed by atoms with van der Waals surface area (Å²) in [6, 6.07) is 9.38. The van der Waals surface area contributed by atoms with Gasteiger partial charge in [0.15, 0.2) is 0 Å². The number of aromatic nitrogens is 4. The monoisotopic (exact) mass is 437 g/mol. The zero-order chi connectivity index (χ0) is 22.9. The van der Waals surface area contributed by atoms with Crippen LogP contribution in [0.25, 0.3) is 0 Å². The molecule has 0 aliphatic carbocycles. The van der Waals surface area contributed by atoms with Crippen molar-refractivity contribution in [3.63, 3.8) is 0 Å². The van der Waals surface area contributed by atoms with E-state index in [1.165, 1.54) is 11.2 Å². The lowest BCUT2D eigenvalue weighted by Gasteiger charge is -2.15. The smallest absolute Gasteiger partial charge is 0.414 e. The zero-order valence-corrected chi connectivity index (χ0v) is 17.6. The maximum Gasteiger partial charge on any atom is 0.414 e. The first kappa shape index (κ1) is 22.4. The van der Waals surface area contributed by atoms with Crippen LogP contribution in [0.1, 0.15) is 11.1 Å². The van der Waals surface area contributed by atoms with Gasteiger partial charge in [0.2, 0.25) is 11.9 Å².